The van der Waals surface area contributed by atoms with Crippen molar-refractivity contribution in [2.24, 2.45) is 10.2 Å². The first-order valence-electron chi connectivity index (χ1n) is 12.1. The average molecular weight is 507 g/mol. The standard InChI is InChI=1S/C27H30N4O6/c1-27(2,3)37-26(34)31-11-9-30(10-12-31)15-19-22(32)8-6-17-24(33)23(36-25(17)19)14-21-18-13-16(35-4)5-7-20(18)28-29-21/h5-8,13-14,32-33H,9-12,15H2,1-4H3. The molecule has 0 atom stereocenters. The molecule has 1 fully saturated rings. The summed E-state index contributed by atoms with van der Waals surface area (Å²) in [6.07, 6.45) is 1.30. The van der Waals surface area contributed by atoms with Crippen molar-refractivity contribution in [1.29, 1.82) is 0 Å². The first-order chi connectivity index (χ1) is 17.6. The Morgan fingerprint density at radius 2 is 1.86 bits per heavy atom. The van der Waals surface area contributed by atoms with E-state index >= 15 is 0 Å². The molecule has 2 aliphatic rings. The highest BCUT2D eigenvalue weighted by Crippen LogP contribution is 2.43. The number of aromatic hydroxyl groups is 2. The summed E-state index contributed by atoms with van der Waals surface area (Å²) in [5.74, 6) is 0.932. The van der Waals surface area contributed by atoms with E-state index in [1.54, 1.807) is 30.2 Å². The molecular formula is C27H30N4O6. The maximum atomic E-state index is 12.4. The van der Waals surface area contributed by atoms with E-state index in [1.807, 2.05) is 39.0 Å². The molecule has 0 saturated carbocycles. The molecule has 2 N–H and O–H groups in total. The molecule has 2 aromatic carbocycles. The van der Waals surface area contributed by atoms with Crippen molar-refractivity contribution >= 4 is 34.5 Å². The molecule has 3 heterocycles. The first-order valence-corrected chi connectivity index (χ1v) is 12.1. The van der Waals surface area contributed by atoms with E-state index < -0.39 is 5.60 Å². The molecule has 37 heavy (non-hydrogen) atoms. The number of phenols is 1. The van der Waals surface area contributed by atoms with Gasteiger partial charge in [-0.3, -0.25) is 4.90 Å². The summed E-state index contributed by atoms with van der Waals surface area (Å²) in [5, 5.41) is 30.5. The number of rotatable bonds is 4. The van der Waals surface area contributed by atoms with Crippen LogP contribution in [0.5, 0.6) is 17.2 Å². The van der Waals surface area contributed by atoms with Crippen molar-refractivity contribution in [2.45, 2.75) is 32.9 Å². The van der Waals surface area contributed by atoms with Gasteiger partial charge < -0.3 is 29.0 Å². The molecule has 0 radical (unpaired) electrons. The zero-order valence-corrected chi connectivity index (χ0v) is 21.3. The SMILES string of the molecule is COc1ccc2c(c1)C(=Cc1oc3c(CN4CCN(C(=O)OC(C)(C)C)CC4)c(O)ccc3c1O)N=N2. The fourth-order valence-electron chi connectivity index (χ4n) is 4.43. The minimum absolute atomic E-state index is 0.0370. The lowest BCUT2D eigenvalue weighted by molar-refractivity contribution is 0.0138. The van der Waals surface area contributed by atoms with Crippen molar-refractivity contribution in [2.75, 3.05) is 33.3 Å². The predicted octanol–water partition coefficient (Wildman–Crippen LogP) is 5.50. The Balaban J connectivity index is 1.38. The van der Waals surface area contributed by atoms with Crippen molar-refractivity contribution in [3.05, 3.63) is 47.2 Å². The van der Waals surface area contributed by atoms with E-state index in [0.717, 1.165) is 5.56 Å². The van der Waals surface area contributed by atoms with Gasteiger partial charge in [0.15, 0.2) is 11.5 Å². The smallest absolute Gasteiger partial charge is 0.410 e. The Morgan fingerprint density at radius 3 is 2.57 bits per heavy atom. The number of methoxy groups -OCH3 is 1. The van der Waals surface area contributed by atoms with Crippen molar-refractivity contribution in [3.8, 4) is 17.2 Å². The fourth-order valence-corrected chi connectivity index (χ4v) is 4.43. The monoisotopic (exact) mass is 506 g/mol. The number of piperazine rings is 1. The normalized spacial score (nSPS) is 17.0. The summed E-state index contributed by atoms with van der Waals surface area (Å²) in [4.78, 5) is 16.2. The van der Waals surface area contributed by atoms with Crippen LogP contribution < -0.4 is 4.74 Å². The fraction of sp³-hybridized carbons (Fsp3) is 0.370. The van der Waals surface area contributed by atoms with Crippen LogP contribution in [0.1, 0.15) is 37.7 Å². The second-order valence-electron chi connectivity index (χ2n) is 10.1. The number of amides is 1. The lowest BCUT2D eigenvalue weighted by Gasteiger charge is -2.35. The average Bonchev–Trinajstić information content (AvgIpc) is 3.40. The zero-order valence-electron chi connectivity index (χ0n) is 21.3. The number of azo groups is 1. The molecule has 0 spiro atoms. The van der Waals surface area contributed by atoms with Gasteiger partial charge in [0, 0.05) is 44.4 Å². The van der Waals surface area contributed by atoms with Crippen LogP contribution in [-0.2, 0) is 11.3 Å². The van der Waals surface area contributed by atoms with Crippen LogP contribution in [0.4, 0.5) is 10.5 Å². The third kappa shape index (κ3) is 4.97. The van der Waals surface area contributed by atoms with Crippen molar-refractivity contribution in [1.82, 2.24) is 9.80 Å². The first kappa shape index (κ1) is 24.6. The summed E-state index contributed by atoms with van der Waals surface area (Å²) in [6.45, 7) is 8.18. The maximum absolute atomic E-state index is 12.4. The largest absolute Gasteiger partial charge is 0.507 e. The van der Waals surface area contributed by atoms with Crippen LogP contribution >= 0.6 is 0 Å². The summed E-state index contributed by atoms with van der Waals surface area (Å²) in [6, 6.07) is 8.63. The molecule has 2 aliphatic heterocycles. The second-order valence-corrected chi connectivity index (χ2v) is 10.1. The molecule has 0 aliphatic carbocycles. The van der Waals surface area contributed by atoms with Crippen LogP contribution in [0.2, 0.25) is 0 Å². The number of phenolic OH excluding ortho intramolecular Hbond substituents is 1. The van der Waals surface area contributed by atoms with Gasteiger partial charge >= 0.3 is 6.09 Å². The quantitative estimate of drug-likeness (QED) is 0.479. The van der Waals surface area contributed by atoms with Crippen LogP contribution in [0.15, 0.2) is 45.0 Å². The second kappa shape index (κ2) is 9.44. The molecule has 194 valence electrons. The number of carbonyl (C=O) groups excluding carboxylic acids is 1. The van der Waals surface area contributed by atoms with E-state index in [-0.39, 0.29) is 23.4 Å². The predicted molar refractivity (Wildman–Crippen MR) is 138 cm³/mol. The summed E-state index contributed by atoms with van der Waals surface area (Å²) >= 11 is 0. The number of furan rings is 1. The van der Waals surface area contributed by atoms with Gasteiger partial charge in [-0.2, -0.15) is 0 Å². The van der Waals surface area contributed by atoms with Gasteiger partial charge in [0.2, 0.25) is 0 Å². The van der Waals surface area contributed by atoms with Crippen LogP contribution in [0.3, 0.4) is 0 Å². The number of benzene rings is 2. The van der Waals surface area contributed by atoms with E-state index in [4.69, 9.17) is 13.9 Å². The summed E-state index contributed by atoms with van der Waals surface area (Å²) < 4.78 is 16.8. The third-order valence-electron chi connectivity index (χ3n) is 6.35. The molecule has 5 rings (SSSR count). The summed E-state index contributed by atoms with van der Waals surface area (Å²) in [7, 11) is 1.59. The van der Waals surface area contributed by atoms with Gasteiger partial charge in [-0.15, -0.1) is 10.2 Å². The van der Waals surface area contributed by atoms with Gasteiger partial charge in [-0.25, -0.2) is 4.79 Å². The van der Waals surface area contributed by atoms with Gasteiger partial charge in [0.25, 0.3) is 0 Å². The van der Waals surface area contributed by atoms with Crippen LogP contribution in [-0.4, -0.2) is 65.0 Å². The Bertz CT molecular complexity index is 1410. The van der Waals surface area contributed by atoms with Crippen LogP contribution in [0.25, 0.3) is 22.7 Å². The van der Waals surface area contributed by atoms with E-state index in [2.05, 4.69) is 15.1 Å². The van der Waals surface area contributed by atoms with Gasteiger partial charge in [-0.05, 0) is 51.1 Å². The third-order valence-corrected chi connectivity index (χ3v) is 6.35. The highest BCUT2D eigenvalue weighted by Gasteiger charge is 2.27. The topological polar surface area (TPSA) is 120 Å². The Hall–Kier alpha value is -4.05. The highest BCUT2D eigenvalue weighted by molar-refractivity contribution is 5.95. The maximum Gasteiger partial charge on any atom is 0.410 e. The number of carbonyl (C=O) groups is 1. The molecule has 10 nitrogen and oxygen atoms in total. The van der Waals surface area contributed by atoms with E-state index in [9.17, 15) is 15.0 Å². The molecule has 10 heteroatoms. The number of ether oxygens (including phenoxy) is 2. The number of hydrogen-bond acceptors (Lipinski definition) is 9. The van der Waals surface area contributed by atoms with Crippen molar-refractivity contribution in [3.63, 3.8) is 0 Å². The molecule has 0 unspecified atom stereocenters. The van der Waals surface area contributed by atoms with E-state index in [0.29, 0.717) is 66.4 Å². The van der Waals surface area contributed by atoms with Gasteiger partial charge in [0.05, 0.1) is 29.4 Å². The minimum atomic E-state index is -0.544. The molecule has 1 amide bonds. The van der Waals surface area contributed by atoms with Crippen LogP contribution in [0, 0.1) is 0 Å². The molecule has 1 saturated heterocycles. The number of hydrogen-bond donors (Lipinski definition) is 2. The molecule has 0 bridgehead atoms. The molecule has 3 aromatic rings. The van der Waals surface area contributed by atoms with Gasteiger partial charge in [0.1, 0.15) is 22.7 Å². The summed E-state index contributed by atoms with van der Waals surface area (Å²) in [5.41, 5.74) is 2.43. The lowest BCUT2D eigenvalue weighted by Crippen LogP contribution is -2.49. The molecular weight excluding hydrogens is 476 g/mol. The van der Waals surface area contributed by atoms with E-state index in [1.165, 1.54) is 0 Å². The zero-order chi connectivity index (χ0) is 26.3. The van der Waals surface area contributed by atoms with Crippen molar-refractivity contribution < 1.29 is 28.9 Å². The lowest BCUT2D eigenvalue weighted by atomic mass is 10.1. The minimum Gasteiger partial charge on any atom is -0.507 e. The number of fused-ring (bicyclic) bond motifs is 2. The Morgan fingerprint density at radius 1 is 1.11 bits per heavy atom. The number of nitrogens with zero attached hydrogens (tertiary/aromatic N) is 4. The highest BCUT2D eigenvalue weighted by atomic mass is 16.6. The Labute approximate surface area is 214 Å². The molecule has 1 aromatic heterocycles. The Kier molecular flexibility index (Phi) is 6.28. The van der Waals surface area contributed by atoms with Gasteiger partial charge in [-0.1, -0.05) is 0 Å².